The number of halogens is 1. The second-order valence-corrected chi connectivity index (χ2v) is 7.38. The molecule has 0 N–H and O–H groups in total. The highest BCUT2D eigenvalue weighted by molar-refractivity contribution is 7.16. The van der Waals surface area contributed by atoms with Gasteiger partial charge in [-0.25, -0.2) is 9.78 Å². The van der Waals surface area contributed by atoms with Crippen LogP contribution in [0.15, 0.2) is 48.9 Å². The van der Waals surface area contributed by atoms with Crippen LogP contribution in [-0.4, -0.2) is 26.8 Å². The Bertz CT molecular complexity index is 878. The molecule has 0 amide bonds. The van der Waals surface area contributed by atoms with Gasteiger partial charge in [-0.2, -0.15) is 5.10 Å². The molecular weight excluding hydrogens is 358 g/mol. The molecule has 7 heteroatoms. The maximum absolute atomic E-state index is 12.5. The average Bonchev–Trinajstić information content (AvgIpc) is 3.36. The van der Waals surface area contributed by atoms with E-state index >= 15 is 0 Å². The van der Waals surface area contributed by atoms with Gasteiger partial charge in [-0.15, -0.1) is 11.3 Å². The summed E-state index contributed by atoms with van der Waals surface area (Å²) in [6, 6.07) is 9.45. The molecule has 0 unspecified atom stereocenters. The van der Waals surface area contributed by atoms with E-state index in [0.717, 1.165) is 24.8 Å². The van der Waals surface area contributed by atoms with Gasteiger partial charge < -0.3 is 4.74 Å². The lowest BCUT2D eigenvalue weighted by Gasteiger charge is -2.20. The van der Waals surface area contributed by atoms with Crippen molar-refractivity contribution in [2.45, 2.75) is 31.4 Å². The molecule has 1 fully saturated rings. The molecule has 4 rings (SSSR count). The van der Waals surface area contributed by atoms with Crippen molar-refractivity contribution in [3.63, 3.8) is 0 Å². The van der Waals surface area contributed by atoms with E-state index in [1.807, 2.05) is 41.2 Å². The van der Waals surface area contributed by atoms with Crippen molar-refractivity contribution < 1.29 is 9.53 Å². The molecule has 1 aliphatic rings. The van der Waals surface area contributed by atoms with Crippen molar-refractivity contribution in [3.8, 4) is 10.6 Å². The Morgan fingerprint density at radius 2 is 2.16 bits per heavy atom. The van der Waals surface area contributed by atoms with Gasteiger partial charge in [0.25, 0.3) is 0 Å². The standard InChI is InChI=1S/C18H16ClN3O2S/c19-13-6-2-1-5-12(13)17-20-11-16(25-17)18(23)24-15-8-3-7-14(15)22-10-4-9-21-22/h1-2,4-6,9-11,14-15H,3,7-8H2/t14-,15-/m1/s1. The number of ether oxygens (including phenoxy) is 1. The van der Waals surface area contributed by atoms with E-state index in [1.54, 1.807) is 12.4 Å². The molecule has 0 bridgehead atoms. The smallest absolute Gasteiger partial charge is 0.350 e. The van der Waals surface area contributed by atoms with Gasteiger partial charge in [-0.1, -0.05) is 29.8 Å². The Labute approximate surface area is 154 Å². The predicted molar refractivity (Wildman–Crippen MR) is 96.9 cm³/mol. The number of rotatable bonds is 4. The summed E-state index contributed by atoms with van der Waals surface area (Å²) in [5.74, 6) is -0.333. The van der Waals surface area contributed by atoms with Crippen LogP contribution in [-0.2, 0) is 4.74 Å². The van der Waals surface area contributed by atoms with Crippen LogP contribution in [0.1, 0.15) is 35.0 Å². The van der Waals surface area contributed by atoms with Crippen LogP contribution in [0.5, 0.6) is 0 Å². The van der Waals surface area contributed by atoms with Crippen molar-refractivity contribution >= 4 is 28.9 Å². The van der Waals surface area contributed by atoms with Crippen LogP contribution in [0.2, 0.25) is 5.02 Å². The normalized spacial score (nSPS) is 19.9. The molecule has 1 aromatic carbocycles. The van der Waals surface area contributed by atoms with E-state index in [0.29, 0.717) is 14.9 Å². The molecule has 25 heavy (non-hydrogen) atoms. The van der Waals surface area contributed by atoms with E-state index in [9.17, 15) is 4.79 Å². The van der Waals surface area contributed by atoms with Gasteiger partial charge in [0.05, 0.1) is 17.3 Å². The molecule has 1 aliphatic carbocycles. The molecule has 2 aromatic heterocycles. The second-order valence-electron chi connectivity index (χ2n) is 5.94. The first-order valence-electron chi connectivity index (χ1n) is 8.13. The van der Waals surface area contributed by atoms with Gasteiger partial charge in [0.2, 0.25) is 0 Å². The minimum absolute atomic E-state index is 0.106. The van der Waals surface area contributed by atoms with E-state index in [4.69, 9.17) is 16.3 Å². The van der Waals surface area contributed by atoms with E-state index in [2.05, 4.69) is 10.1 Å². The topological polar surface area (TPSA) is 57.0 Å². The number of esters is 1. The van der Waals surface area contributed by atoms with Crippen LogP contribution in [0.25, 0.3) is 10.6 Å². The zero-order valence-electron chi connectivity index (χ0n) is 13.3. The van der Waals surface area contributed by atoms with Crippen LogP contribution >= 0.6 is 22.9 Å². The summed E-state index contributed by atoms with van der Waals surface area (Å²) < 4.78 is 7.63. The summed E-state index contributed by atoms with van der Waals surface area (Å²) in [4.78, 5) is 17.3. The summed E-state index contributed by atoms with van der Waals surface area (Å²) in [6.07, 6.45) is 7.91. The molecule has 128 valence electrons. The van der Waals surface area contributed by atoms with Crippen LogP contribution in [0.3, 0.4) is 0 Å². The zero-order chi connectivity index (χ0) is 17.2. The zero-order valence-corrected chi connectivity index (χ0v) is 14.9. The summed E-state index contributed by atoms with van der Waals surface area (Å²) >= 11 is 7.50. The molecule has 0 radical (unpaired) electrons. The fraction of sp³-hybridized carbons (Fsp3) is 0.278. The van der Waals surface area contributed by atoms with Crippen molar-refractivity contribution in [2.24, 2.45) is 0 Å². The summed E-state index contributed by atoms with van der Waals surface area (Å²) in [6.45, 7) is 0. The Morgan fingerprint density at radius 3 is 2.96 bits per heavy atom. The monoisotopic (exact) mass is 373 g/mol. The average molecular weight is 374 g/mol. The number of carbonyl (C=O) groups is 1. The van der Waals surface area contributed by atoms with Crippen molar-refractivity contribution in [1.82, 2.24) is 14.8 Å². The molecule has 3 aromatic rings. The van der Waals surface area contributed by atoms with Gasteiger partial charge in [0.1, 0.15) is 16.0 Å². The van der Waals surface area contributed by atoms with Gasteiger partial charge >= 0.3 is 5.97 Å². The Balaban J connectivity index is 1.49. The van der Waals surface area contributed by atoms with Crippen LogP contribution in [0.4, 0.5) is 0 Å². The molecule has 0 aliphatic heterocycles. The summed E-state index contributed by atoms with van der Waals surface area (Å²) in [5.41, 5.74) is 0.823. The first-order valence-corrected chi connectivity index (χ1v) is 9.32. The largest absolute Gasteiger partial charge is 0.456 e. The van der Waals surface area contributed by atoms with E-state index in [-0.39, 0.29) is 18.1 Å². The molecule has 0 spiro atoms. The Kier molecular flexibility index (Phi) is 4.55. The lowest BCUT2D eigenvalue weighted by molar-refractivity contribution is 0.0215. The summed E-state index contributed by atoms with van der Waals surface area (Å²) in [5, 5.41) is 5.62. The number of benzene rings is 1. The maximum atomic E-state index is 12.5. The van der Waals surface area contributed by atoms with Crippen LogP contribution in [0, 0.1) is 0 Å². The molecule has 5 nitrogen and oxygen atoms in total. The molecule has 0 saturated heterocycles. The third kappa shape index (κ3) is 3.32. The molecule has 1 saturated carbocycles. The highest BCUT2D eigenvalue weighted by Crippen LogP contribution is 2.34. The van der Waals surface area contributed by atoms with Gasteiger partial charge in [-0.05, 0) is 31.4 Å². The van der Waals surface area contributed by atoms with Gasteiger partial charge in [0.15, 0.2) is 0 Å². The maximum Gasteiger partial charge on any atom is 0.350 e. The first kappa shape index (κ1) is 16.3. The third-order valence-electron chi connectivity index (χ3n) is 4.35. The Morgan fingerprint density at radius 1 is 1.28 bits per heavy atom. The number of carbonyl (C=O) groups excluding carboxylic acids is 1. The summed E-state index contributed by atoms with van der Waals surface area (Å²) in [7, 11) is 0. The minimum Gasteiger partial charge on any atom is -0.456 e. The second kappa shape index (κ2) is 6.98. The number of thiazole rings is 1. The van der Waals surface area contributed by atoms with E-state index < -0.39 is 0 Å². The van der Waals surface area contributed by atoms with Crippen molar-refractivity contribution in [2.75, 3.05) is 0 Å². The van der Waals surface area contributed by atoms with E-state index in [1.165, 1.54) is 11.3 Å². The lowest BCUT2D eigenvalue weighted by Crippen LogP contribution is -2.25. The highest BCUT2D eigenvalue weighted by atomic mass is 35.5. The number of nitrogens with zero attached hydrogens (tertiary/aromatic N) is 3. The number of hydrogen-bond donors (Lipinski definition) is 0. The van der Waals surface area contributed by atoms with Gasteiger partial charge in [-0.3, -0.25) is 4.68 Å². The quantitative estimate of drug-likeness (QED) is 0.626. The van der Waals surface area contributed by atoms with Crippen molar-refractivity contribution in [3.05, 3.63) is 58.8 Å². The fourth-order valence-electron chi connectivity index (χ4n) is 3.15. The molecular formula is C18H16ClN3O2S. The van der Waals surface area contributed by atoms with Crippen molar-refractivity contribution in [1.29, 1.82) is 0 Å². The highest BCUT2D eigenvalue weighted by Gasteiger charge is 2.33. The first-order chi connectivity index (χ1) is 12.2. The molecule has 2 heterocycles. The number of hydrogen-bond acceptors (Lipinski definition) is 5. The third-order valence-corrected chi connectivity index (χ3v) is 5.69. The van der Waals surface area contributed by atoms with Gasteiger partial charge in [0, 0.05) is 18.0 Å². The molecule has 2 atom stereocenters. The fourth-order valence-corrected chi connectivity index (χ4v) is 4.27. The number of aromatic nitrogens is 3. The SMILES string of the molecule is O=C(O[C@@H]1CCC[C@H]1n1cccn1)c1cnc(-c2ccccc2Cl)s1. The lowest BCUT2D eigenvalue weighted by atomic mass is 10.2. The van der Waals surface area contributed by atoms with Crippen LogP contribution < -0.4 is 0 Å². The Hall–Kier alpha value is -2.18. The predicted octanol–water partition coefficient (Wildman–Crippen LogP) is 4.61. The minimum atomic E-state index is -0.333.